The van der Waals surface area contributed by atoms with Crippen molar-refractivity contribution < 1.29 is 51.2 Å². The van der Waals surface area contributed by atoms with Crippen LogP contribution in [0, 0.1) is 53.3 Å². The van der Waals surface area contributed by atoms with Crippen LogP contribution in [0.4, 0.5) is 0 Å². The summed E-state index contributed by atoms with van der Waals surface area (Å²) >= 11 is 0. The van der Waals surface area contributed by atoms with Gasteiger partial charge in [-0.3, -0.25) is 0 Å². The number of rotatable bonds is 24. The molecule has 0 aliphatic carbocycles. The van der Waals surface area contributed by atoms with Gasteiger partial charge in [0.1, 0.15) is 25.4 Å². The van der Waals surface area contributed by atoms with E-state index >= 15 is 0 Å². The quantitative estimate of drug-likeness (QED) is 0.0428. The van der Waals surface area contributed by atoms with Crippen LogP contribution in [0.5, 0.6) is 5.75 Å². The third-order valence-electron chi connectivity index (χ3n) is 17.3. The SMILES string of the molecule is COCO[C@@H]([C@@H](C)C#C[C@H](C[C@@H]1O[C@@H](O[Si](C)(C)C(C)(C)C)[C@H](C)[C@@H](O[Si](C)(C)C(C)(C)C)[C@H]1C)OCOC)[C@@H](C)C=C(C)C[C@H](C)[C@@H](O[Si](C)(C)C(C)(C)C)[C@H](C)[C@H]1OC(c2ccc(OC)cc2)OC[C@@H]1C. The number of ether oxygens (including phenoxy) is 8. The molecule has 1 aromatic carbocycles. The largest absolute Gasteiger partial charge is 0.497 e. The van der Waals surface area contributed by atoms with Crippen LogP contribution in [0.1, 0.15) is 142 Å². The van der Waals surface area contributed by atoms with Gasteiger partial charge >= 0.3 is 0 Å². The summed E-state index contributed by atoms with van der Waals surface area (Å²) < 4.78 is 71.3. The Hall–Kier alpha value is -1.43. The molecule has 2 aliphatic rings. The fourth-order valence-electron chi connectivity index (χ4n) is 9.51. The van der Waals surface area contributed by atoms with Gasteiger partial charge in [0.2, 0.25) is 0 Å². The van der Waals surface area contributed by atoms with E-state index in [1.165, 1.54) is 5.57 Å². The molecule has 1 unspecified atom stereocenters. The Bertz CT molecular complexity index is 1890. The molecule has 1 aromatic rings. The van der Waals surface area contributed by atoms with Crippen molar-refractivity contribution in [3.05, 3.63) is 41.5 Å². The molecule has 0 saturated carbocycles. The van der Waals surface area contributed by atoms with Crippen molar-refractivity contribution in [1.82, 2.24) is 0 Å². The molecule has 73 heavy (non-hydrogen) atoms. The Balaban J connectivity index is 1.94. The van der Waals surface area contributed by atoms with E-state index in [-0.39, 0.29) is 101 Å². The molecule has 0 aromatic heterocycles. The maximum atomic E-state index is 7.45. The molecule has 11 nitrogen and oxygen atoms in total. The third kappa shape index (κ3) is 18.3. The van der Waals surface area contributed by atoms with Gasteiger partial charge in [0.15, 0.2) is 37.5 Å². The van der Waals surface area contributed by atoms with Crippen LogP contribution < -0.4 is 4.74 Å². The fourth-order valence-corrected chi connectivity index (χ4v) is 13.7. The molecule has 0 spiro atoms. The average Bonchev–Trinajstić information content (AvgIpc) is 3.28. The molecule has 14 heteroatoms. The number of hydrogen-bond acceptors (Lipinski definition) is 11. The minimum absolute atomic E-state index is 0.0174. The van der Waals surface area contributed by atoms with Crippen LogP contribution in [0.15, 0.2) is 35.9 Å². The molecule has 15 atom stereocenters. The molecule has 0 bridgehead atoms. The van der Waals surface area contributed by atoms with E-state index in [1.807, 2.05) is 24.3 Å². The maximum Gasteiger partial charge on any atom is 0.195 e. The second kappa shape index (κ2) is 27.4. The zero-order valence-electron chi connectivity index (χ0n) is 51.1. The Morgan fingerprint density at radius 3 is 1.79 bits per heavy atom. The predicted molar refractivity (Wildman–Crippen MR) is 306 cm³/mol. The maximum absolute atomic E-state index is 7.45. The van der Waals surface area contributed by atoms with Gasteiger partial charge in [-0.15, -0.1) is 0 Å². The molecule has 422 valence electrons. The number of benzene rings is 1. The van der Waals surface area contributed by atoms with E-state index in [2.05, 4.69) is 175 Å². The molecule has 0 amide bonds. The van der Waals surface area contributed by atoms with Gasteiger partial charge in [-0.05, 0) is 92.7 Å². The zero-order chi connectivity index (χ0) is 55.7. The van der Waals surface area contributed by atoms with Gasteiger partial charge in [-0.1, -0.05) is 139 Å². The van der Waals surface area contributed by atoms with Gasteiger partial charge in [0, 0.05) is 61.7 Å². The topological polar surface area (TPSA) is 102 Å². The summed E-state index contributed by atoms with van der Waals surface area (Å²) in [6.07, 6.45) is 1.80. The molecular weight excluding hydrogens is 969 g/mol. The highest BCUT2D eigenvalue weighted by Crippen LogP contribution is 2.46. The van der Waals surface area contributed by atoms with Crippen LogP contribution in [-0.4, -0.2) is 109 Å². The van der Waals surface area contributed by atoms with Crippen molar-refractivity contribution in [1.29, 1.82) is 0 Å². The molecule has 0 N–H and O–H groups in total. The van der Waals surface area contributed by atoms with Crippen molar-refractivity contribution >= 4 is 25.0 Å². The lowest BCUT2D eigenvalue weighted by atomic mass is 9.81. The predicted octanol–water partition coefficient (Wildman–Crippen LogP) is 14.8. The van der Waals surface area contributed by atoms with Crippen LogP contribution in [0.2, 0.25) is 54.4 Å². The van der Waals surface area contributed by atoms with E-state index in [1.54, 1.807) is 21.3 Å². The minimum atomic E-state index is -2.20. The number of allylic oxidation sites excluding steroid dienone is 1. The summed E-state index contributed by atoms with van der Waals surface area (Å²) in [5.74, 6) is 8.42. The van der Waals surface area contributed by atoms with Gasteiger partial charge in [-0.25, -0.2) is 0 Å². The molecule has 2 fully saturated rings. The van der Waals surface area contributed by atoms with Crippen molar-refractivity contribution in [2.75, 3.05) is 41.5 Å². The number of methoxy groups -OCH3 is 3. The van der Waals surface area contributed by atoms with Crippen LogP contribution in [0.3, 0.4) is 0 Å². The molecule has 2 heterocycles. The summed E-state index contributed by atoms with van der Waals surface area (Å²) in [6.45, 7) is 53.5. The summed E-state index contributed by atoms with van der Waals surface area (Å²) in [4.78, 5) is 0. The van der Waals surface area contributed by atoms with Crippen LogP contribution in [0.25, 0.3) is 0 Å². The fraction of sp³-hybridized carbons (Fsp3) is 0.831. The standard InChI is InChI=1S/C59H108O11Si3/c1-39(34-42(4)53(68-71(21,22)57(9,10)11)45(7)52-43(5)36-63-56(67-52)47-28-31-48(62-20)32-29-47)33-41(3)51(65-38-61-19)40(2)27-30-49(64-37-60-18)35-50-44(6)54(69-72(23,24)58(12,13)14)46(8)55(66-50)70-73(25,26)59(15,16)17/h28-29,31-33,40-46,49-56H,34-38H2,1-26H3/t40-,41-,42-,43-,44-,45+,46+,49+,50-,51-,52-,53+,54-,55-,56?/m0/s1. The smallest absolute Gasteiger partial charge is 0.195 e. The van der Waals surface area contributed by atoms with Crippen molar-refractivity contribution in [2.24, 2.45) is 41.4 Å². The van der Waals surface area contributed by atoms with E-state index in [9.17, 15) is 0 Å². The summed E-state index contributed by atoms with van der Waals surface area (Å²) in [7, 11) is -1.56. The highest BCUT2D eigenvalue weighted by atomic mass is 28.4. The minimum Gasteiger partial charge on any atom is -0.497 e. The first kappa shape index (κ1) is 65.9. The second-order valence-electron chi connectivity index (χ2n) is 26.7. The lowest BCUT2D eigenvalue weighted by molar-refractivity contribution is -0.256. The van der Waals surface area contributed by atoms with E-state index in [0.717, 1.165) is 17.7 Å². The van der Waals surface area contributed by atoms with Crippen molar-refractivity contribution in [2.45, 2.75) is 234 Å². The van der Waals surface area contributed by atoms with Gasteiger partial charge < -0.3 is 51.2 Å². The highest BCUT2D eigenvalue weighted by Gasteiger charge is 2.51. The third-order valence-corrected chi connectivity index (χ3v) is 30.7. The Morgan fingerprint density at radius 2 is 1.26 bits per heavy atom. The highest BCUT2D eigenvalue weighted by molar-refractivity contribution is 6.75. The molecule has 2 aliphatic heterocycles. The van der Waals surface area contributed by atoms with Crippen molar-refractivity contribution in [3.8, 4) is 17.6 Å². The van der Waals surface area contributed by atoms with Crippen LogP contribution in [-0.2, 0) is 46.4 Å². The Morgan fingerprint density at radius 1 is 0.712 bits per heavy atom. The summed E-state index contributed by atoms with van der Waals surface area (Å²) in [5.41, 5.74) is 2.26. The summed E-state index contributed by atoms with van der Waals surface area (Å²) in [6, 6.07) is 7.98. The molecular formula is C59H108O11Si3. The summed E-state index contributed by atoms with van der Waals surface area (Å²) in [5, 5.41) is 0.108. The lowest BCUT2D eigenvalue weighted by Crippen LogP contribution is -2.58. The van der Waals surface area contributed by atoms with Gasteiger partial charge in [-0.2, -0.15) is 0 Å². The Kier molecular flexibility index (Phi) is 24.8. The van der Waals surface area contributed by atoms with E-state index in [0.29, 0.717) is 13.0 Å². The van der Waals surface area contributed by atoms with E-state index in [4.69, 9.17) is 51.2 Å². The first-order chi connectivity index (χ1) is 33.5. The van der Waals surface area contributed by atoms with Crippen LogP contribution >= 0.6 is 0 Å². The lowest BCUT2D eigenvalue weighted by Gasteiger charge is -2.51. The van der Waals surface area contributed by atoms with Gasteiger partial charge in [0.05, 0.1) is 44.2 Å². The first-order valence-electron chi connectivity index (χ1n) is 27.5. The monoisotopic (exact) mass is 1080 g/mol. The van der Waals surface area contributed by atoms with E-state index < -0.39 is 43.6 Å². The molecule has 0 radical (unpaired) electrons. The van der Waals surface area contributed by atoms with Crippen molar-refractivity contribution in [3.63, 3.8) is 0 Å². The molecule has 3 rings (SSSR count). The molecule has 2 saturated heterocycles. The Labute approximate surface area is 450 Å². The van der Waals surface area contributed by atoms with Gasteiger partial charge in [0.25, 0.3) is 0 Å². The second-order valence-corrected chi connectivity index (χ2v) is 40.9. The normalized spacial score (nSPS) is 27.0. The number of hydrogen-bond donors (Lipinski definition) is 0. The first-order valence-corrected chi connectivity index (χ1v) is 36.2. The average molecular weight is 1080 g/mol. The zero-order valence-corrected chi connectivity index (χ0v) is 54.1.